The molecule has 2 heterocycles. The van der Waals surface area contributed by atoms with Crippen LogP contribution in [0.15, 0.2) is 18.3 Å². The summed E-state index contributed by atoms with van der Waals surface area (Å²) in [6.45, 7) is 2.98. The number of rotatable bonds is 2. The number of aromatic nitrogens is 1. The van der Waals surface area contributed by atoms with Crippen molar-refractivity contribution in [2.75, 3.05) is 18.0 Å². The fraction of sp³-hybridized carbons (Fsp3) is 0.500. The number of carbonyl (C=O) groups excluding carboxylic acids is 1. The number of pyridine rings is 1. The van der Waals surface area contributed by atoms with E-state index in [1.54, 1.807) is 6.20 Å². The van der Waals surface area contributed by atoms with E-state index in [4.69, 9.17) is 5.73 Å². The molecular formula is C12H17N3O2. The minimum Gasteiger partial charge on any atom is -0.378 e. The van der Waals surface area contributed by atoms with Gasteiger partial charge in [0.2, 0.25) is 0 Å². The Morgan fingerprint density at radius 2 is 2.41 bits per heavy atom. The molecule has 0 saturated carbocycles. The molecule has 1 aromatic heterocycles. The molecule has 1 aromatic rings. The lowest BCUT2D eigenvalue weighted by atomic mass is 9.92. The second kappa shape index (κ2) is 4.33. The van der Waals surface area contributed by atoms with E-state index in [9.17, 15) is 9.90 Å². The lowest BCUT2D eigenvalue weighted by Gasteiger charge is -2.38. The molecular weight excluding hydrogens is 218 g/mol. The van der Waals surface area contributed by atoms with Gasteiger partial charge in [-0.15, -0.1) is 0 Å². The number of piperidine rings is 1. The van der Waals surface area contributed by atoms with Gasteiger partial charge in [0.15, 0.2) is 5.60 Å². The molecule has 3 N–H and O–H groups in total. The zero-order chi connectivity index (χ0) is 12.5. The molecule has 0 aliphatic carbocycles. The maximum atomic E-state index is 11.3. The number of β-amino-alcohol motifs (C(OH)–C–C–N with tert-alkyl or cyclic N) is 1. The minimum atomic E-state index is -1.41. The van der Waals surface area contributed by atoms with Crippen molar-refractivity contribution >= 4 is 11.6 Å². The lowest BCUT2D eigenvalue weighted by molar-refractivity contribution is -0.137. The van der Waals surface area contributed by atoms with Crippen LogP contribution in [-0.4, -0.2) is 34.7 Å². The Labute approximate surface area is 100 Å². The smallest absolute Gasteiger partial charge is 0.251 e. The van der Waals surface area contributed by atoms with Gasteiger partial charge in [-0.1, -0.05) is 0 Å². The van der Waals surface area contributed by atoms with Gasteiger partial charge in [-0.05, 0) is 31.9 Å². The van der Waals surface area contributed by atoms with E-state index in [0.29, 0.717) is 6.42 Å². The van der Waals surface area contributed by atoms with E-state index in [1.165, 1.54) is 0 Å². The number of amides is 1. The number of nitrogens with two attached hydrogens (primary N) is 1. The van der Waals surface area contributed by atoms with Crippen LogP contribution in [0.25, 0.3) is 0 Å². The zero-order valence-electron chi connectivity index (χ0n) is 9.89. The number of hydrogen-bond acceptors (Lipinski definition) is 4. The van der Waals surface area contributed by atoms with Crippen molar-refractivity contribution in [2.24, 2.45) is 5.73 Å². The Hall–Kier alpha value is -1.62. The molecule has 1 amide bonds. The van der Waals surface area contributed by atoms with Crippen LogP contribution in [0.1, 0.15) is 18.5 Å². The largest absolute Gasteiger partial charge is 0.378 e. The highest BCUT2D eigenvalue weighted by Gasteiger charge is 2.38. The predicted molar refractivity (Wildman–Crippen MR) is 64.6 cm³/mol. The Balaban J connectivity index is 2.20. The molecule has 0 radical (unpaired) electrons. The second-order valence-electron chi connectivity index (χ2n) is 4.58. The molecule has 5 nitrogen and oxygen atoms in total. The highest BCUT2D eigenvalue weighted by molar-refractivity contribution is 5.84. The van der Waals surface area contributed by atoms with Crippen molar-refractivity contribution in [3.8, 4) is 0 Å². The first-order valence-electron chi connectivity index (χ1n) is 5.71. The Bertz CT molecular complexity index is 436. The van der Waals surface area contributed by atoms with Crippen molar-refractivity contribution < 1.29 is 9.90 Å². The van der Waals surface area contributed by atoms with Crippen LogP contribution in [0, 0.1) is 6.92 Å². The summed E-state index contributed by atoms with van der Waals surface area (Å²) >= 11 is 0. The number of aryl methyl sites for hydroxylation is 1. The number of primary amides is 1. The number of aliphatic hydroxyl groups is 1. The number of nitrogens with zero attached hydrogens (tertiary/aromatic N) is 2. The first-order valence-corrected chi connectivity index (χ1v) is 5.71. The Kier molecular flexibility index (Phi) is 3.02. The van der Waals surface area contributed by atoms with Gasteiger partial charge in [-0.3, -0.25) is 9.78 Å². The number of anilines is 1. The van der Waals surface area contributed by atoms with Crippen molar-refractivity contribution in [3.05, 3.63) is 24.0 Å². The quantitative estimate of drug-likeness (QED) is 0.767. The first-order chi connectivity index (χ1) is 8.01. The van der Waals surface area contributed by atoms with Crippen molar-refractivity contribution in [3.63, 3.8) is 0 Å². The van der Waals surface area contributed by atoms with E-state index in [2.05, 4.69) is 4.98 Å². The van der Waals surface area contributed by atoms with Crippen molar-refractivity contribution in [1.29, 1.82) is 0 Å². The monoisotopic (exact) mass is 235 g/mol. The molecule has 1 fully saturated rings. The number of hydrogen-bond donors (Lipinski definition) is 2. The van der Waals surface area contributed by atoms with Gasteiger partial charge in [-0.25, -0.2) is 0 Å². The van der Waals surface area contributed by atoms with Crippen molar-refractivity contribution in [2.45, 2.75) is 25.4 Å². The van der Waals surface area contributed by atoms with Crippen LogP contribution >= 0.6 is 0 Å². The highest BCUT2D eigenvalue weighted by atomic mass is 16.3. The third-order valence-electron chi connectivity index (χ3n) is 3.17. The van der Waals surface area contributed by atoms with E-state index >= 15 is 0 Å². The summed E-state index contributed by atoms with van der Waals surface area (Å²) in [5.74, 6) is -0.645. The fourth-order valence-electron chi connectivity index (χ4n) is 2.19. The summed E-state index contributed by atoms with van der Waals surface area (Å²) < 4.78 is 0. The SMILES string of the molecule is Cc1cc(N2CCCC(O)(C(N)=O)C2)ccn1. The van der Waals surface area contributed by atoms with Crippen LogP contribution in [0.4, 0.5) is 5.69 Å². The predicted octanol–water partition coefficient (Wildman–Crippen LogP) is 0.207. The molecule has 0 aromatic carbocycles. The summed E-state index contributed by atoms with van der Waals surface area (Å²) in [6, 6.07) is 3.81. The summed E-state index contributed by atoms with van der Waals surface area (Å²) in [4.78, 5) is 17.4. The first kappa shape index (κ1) is 11.9. The average molecular weight is 235 g/mol. The molecule has 5 heteroatoms. The molecule has 1 unspecified atom stereocenters. The Morgan fingerprint density at radius 1 is 1.65 bits per heavy atom. The van der Waals surface area contributed by atoms with Gasteiger partial charge in [0.25, 0.3) is 5.91 Å². The average Bonchev–Trinajstić information content (AvgIpc) is 2.29. The van der Waals surface area contributed by atoms with Gasteiger partial charge in [0.05, 0.1) is 6.54 Å². The second-order valence-corrected chi connectivity index (χ2v) is 4.58. The summed E-state index contributed by atoms with van der Waals surface area (Å²) in [6.07, 6.45) is 2.91. The van der Waals surface area contributed by atoms with E-state index in [-0.39, 0.29) is 6.54 Å². The molecule has 1 saturated heterocycles. The van der Waals surface area contributed by atoms with Crippen molar-refractivity contribution in [1.82, 2.24) is 4.98 Å². The summed E-state index contributed by atoms with van der Waals surface area (Å²) in [5, 5.41) is 10.1. The number of carbonyl (C=O) groups is 1. The van der Waals surface area contributed by atoms with Gasteiger partial charge in [-0.2, -0.15) is 0 Å². The van der Waals surface area contributed by atoms with Gasteiger partial charge < -0.3 is 15.7 Å². The maximum Gasteiger partial charge on any atom is 0.251 e. The molecule has 1 aliphatic heterocycles. The third kappa shape index (κ3) is 2.39. The van der Waals surface area contributed by atoms with E-state index < -0.39 is 11.5 Å². The fourth-order valence-corrected chi connectivity index (χ4v) is 2.19. The summed E-state index contributed by atoms with van der Waals surface area (Å²) in [5.41, 5.74) is 5.72. The molecule has 0 bridgehead atoms. The van der Waals surface area contributed by atoms with Crippen LogP contribution in [0.2, 0.25) is 0 Å². The summed E-state index contributed by atoms with van der Waals surface area (Å²) in [7, 11) is 0. The standard InChI is InChI=1S/C12H17N3O2/c1-9-7-10(3-5-14-9)15-6-2-4-12(17,8-15)11(13)16/h3,5,7,17H,2,4,6,8H2,1H3,(H2,13,16). The minimum absolute atomic E-state index is 0.256. The molecule has 1 atom stereocenters. The zero-order valence-corrected chi connectivity index (χ0v) is 9.89. The molecule has 17 heavy (non-hydrogen) atoms. The van der Waals surface area contributed by atoms with E-state index in [0.717, 1.165) is 24.3 Å². The molecule has 1 aliphatic rings. The van der Waals surface area contributed by atoms with Gasteiger partial charge >= 0.3 is 0 Å². The highest BCUT2D eigenvalue weighted by Crippen LogP contribution is 2.25. The molecule has 2 rings (SSSR count). The van der Waals surface area contributed by atoms with Crippen LogP contribution in [0.5, 0.6) is 0 Å². The normalized spacial score (nSPS) is 24.7. The Morgan fingerprint density at radius 3 is 3.06 bits per heavy atom. The molecule has 0 spiro atoms. The molecule has 92 valence electrons. The van der Waals surface area contributed by atoms with Crippen LogP contribution < -0.4 is 10.6 Å². The van der Waals surface area contributed by atoms with E-state index in [1.807, 2.05) is 24.0 Å². The van der Waals surface area contributed by atoms with Gasteiger partial charge in [0, 0.05) is 24.1 Å². The topological polar surface area (TPSA) is 79.5 Å². The van der Waals surface area contributed by atoms with Crippen LogP contribution in [0.3, 0.4) is 0 Å². The maximum absolute atomic E-state index is 11.3. The van der Waals surface area contributed by atoms with Crippen LogP contribution in [-0.2, 0) is 4.79 Å². The van der Waals surface area contributed by atoms with Gasteiger partial charge in [0.1, 0.15) is 0 Å². The third-order valence-corrected chi connectivity index (χ3v) is 3.17. The lowest BCUT2D eigenvalue weighted by Crippen LogP contribution is -2.56.